The molecule has 0 saturated heterocycles. The summed E-state index contributed by atoms with van der Waals surface area (Å²) in [7, 11) is 0. The van der Waals surface area contributed by atoms with Gasteiger partial charge in [0.2, 0.25) is 5.88 Å². The molecule has 0 radical (unpaired) electrons. The number of esters is 1. The minimum absolute atomic E-state index is 0.115. The molecule has 1 heterocycles. The largest absolute Gasteiger partial charge is 0.468 e. The van der Waals surface area contributed by atoms with Gasteiger partial charge in [-0.05, 0) is 24.3 Å². The Labute approximate surface area is 155 Å². The highest BCUT2D eigenvalue weighted by atomic mass is 35.5. The second kappa shape index (κ2) is 8.67. The molecule has 2 aromatic rings. The third-order valence-corrected chi connectivity index (χ3v) is 3.13. The van der Waals surface area contributed by atoms with Crippen LogP contribution in [-0.4, -0.2) is 36.3 Å². The Kier molecular flexibility index (Phi) is 6.56. The molecule has 0 fully saturated rings. The number of nitrogens with zero attached hydrogens (tertiary/aromatic N) is 1. The first-order valence-corrected chi connectivity index (χ1v) is 7.59. The van der Waals surface area contributed by atoms with E-state index in [2.05, 4.69) is 15.0 Å². The van der Waals surface area contributed by atoms with E-state index in [1.807, 2.05) is 0 Å². The SMILES string of the molecule is O=C(COC(=O)c1ccc(OCC(F)(F)F)nc1)Nc1cc(Cl)ccc1F. The van der Waals surface area contributed by atoms with E-state index in [0.29, 0.717) is 0 Å². The summed E-state index contributed by atoms with van der Waals surface area (Å²) >= 11 is 5.69. The summed E-state index contributed by atoms with van der Waals surface area (Å²) in [6.07, 6.45) is -3.59. The molecule has 27 heavy (non-hydrogen) atoms. The molecule has 0 spiro atoms. The van der Waals surface area contributed by atoms with Gasteiger partial charge in [0, 0.05) is 17.3 Å². The normalized spacial score (nSPS) is 11.0. The summed E-state index contributed by atoms with van der Waals surface area (Å²) in [5.41, 5.74) is -0.299. The first-order valence-electron chi connectivity index (χ1n) is 7.22. The van der Waals surface area contributed by atoms with E-state index in [1.165, 1.54) is 12.1 Å². The van der Waals surface area contributed by atoms with Crippen molar-refractivity contribution < 1.29 is 36.6 Å². The molecular weight excluding hydrogens is 396 g/mol. The van der Waals surface area contributed by atoms with Gasteiger partial charge >= 0.3 is 12.1 Å². The number of carbonyl (C=O) groups excluding carboxylic acids is 2. The van der Waals surface area contributed by atoms with Gasteiger partial charge in [0.1, 0.15) is 5.82 Å². The van der Waals surface area contributed by atoms with Crippen molar-refractivity contribution in [3.63, 3.8) is 0 Å². The Hall–Kier alpha value is -2.88. The molecule has 1 aromatic carbocycles. The van der Waals surface area contributed by atoms with Crippen molar-refractivity contribution in [2.24, 2.45) is 0 Å². The van der Waals surface area contributed by atoms with Crippen molar-refractivity contribution in [2.75, 3.05) is 18.5 Å². The van der Waals surface area contributed by atoms with E-state index in [4.69, 9.17) is 16.3 Å². The van der Waals surface area contributed by atoms with E-state index >= 15 is 0 Å². The highest BCUT2D eigenvalue weighted by Gasteiger charge is 2.28. The number of hydrogen-bond donors (Lipinski definition) is 1. The number of hydrogen-bond acceptors (Lipinski definition) is 5. The van der Waals surface area contributed by atoms with E-state index < -0.39 is 37.1 Å². The fraction of sp³-hybridized carbons (Fsp3) is 0.188. The van der Waals surface area contributed by atoms with Crippen LogP contribution in [0.1, 0.15) is 10.4 Å². The fourth-order valence-electron chi connectivity index (χ4n) is 1.74. The molecule has 1 N–H and O–H groups in total. The molecule has 0 bridgehead atoms. The molecule has 6 nitrogen and oxygen atoms in total. The van der Waals surface area contributed by atoms with Crippen molar-refractivity contribution >= 4 is 29.2 Å². The second-order valence-corrected chi connectivity index (χ2v) is 5.47. The summed E-state index contributed by atoms with van der Waals surface area (Å²) in [4.78, 5) is 27.0. The summed E-state index contributed by atoms with van der Waals surface area (Å²) in [5.74, 6) is -2.83. The van der Waals surface area contributed by atoms with Gasteiger partial charge in [-0.1, -0.05) is 11.6 Å². The zero-order valence-corrected chi connectivity index (χ0v) is 14.1. The average molecular weight is 407 g/mol. The van der Waals surface area contributed by atoms with Crippen molar-refractivity contribution in [3.05, 3.63) is 52.9 Å². The minimum Gasteiger partial charge on any atom is -0.468 e. The zero-order valence-electron chi connectivity index (χ0n) is 13.3. The van der Waals surface area contributed by atoms with Crippen molar-refractivity contribution in [1.29, 1.82) is 0 Å². The predicted octanol–water partition coefficient (Wildman–Crippen LogP) is 3.61. The summed E-state index contributed by atoms with van der Waals surface area (Å²) in [6, 6.07) is 5.69. The lowest BCUT2D eigenvalue weighted by atomic mass is 10.3. The van der Waals surface area contributed by atoms with Crippen LogP contribution in [0.2, 0.25) is 5.02 Å². The number of rotatable bonds is 6. The molecule has 0 aliphatic heterocycles. The quantitative estimate of drug-likeness (QED) is 0.586. The van der Waals surface area contributed by atoms with Gasteiger partial charge in [-0.25, -0.2) is 14.2 Å². The topological polar surface area (TPSA) is 77.5 Å². The lowest BCUT2D eigenvalue weighted by Crippen LogP contribution is -2.21. The van der Waals surface area contributed by atoms with Crippen LogP contribution in [-0.2, 0) is 9.53 Å². The van der Waals surface area contributed by atoms with Crippen LogP contribution in [0.15, 0.2) is 36.5 Å². The zero-order chi connectivity index (χ0) is 20.0. The smallest absolute Gasteiger partial charge is 0.422 e. The highest BCUT2D eigenvalue weighted by Crippen LogP contribution is 2.19. The van der Waals surface area contributed by atoms with Gasteiger partial charge in [-0.3, -0.25) is 4.79 Å². The first-order chi connectivity index (χ1) is 12.6. The van der Waals surface area contributed by atoms with Crippen LogP contribution in [0.3, 0.4) is 0 Å². The van der Waals surface area contributed by atoms with Gasteiger partial charge in [0.15, 0.2) is 13.2 Å². The van der Waals surface area contributed by atoms with Crippen LogP contribution in [0.25, 0.3) is 0 Å². The number of halogens is 5. The van der Waals surface area contributed by atoms with Crippen LogP contribution in [0, 0.1) is 5.82 Å². The molecule has 144 valence electrons. The number of benzene rings is 1. The molecule has 0 atom stereocenters. The number of nitrogens with one attached hydrogen (secondary N) is 1. The Morgan fingerprint density at radius 1 is 1.19 bits per heavy atom. The van der Waals surface area contributed by atoms with Crippen LogP contribution >= 0.6 is 11.6 Å². The maximum absolute atomic E-state index is 13.5. The van der Waals surface area contributed by atoms with E-state index in [1.54, 1.807) is 0 Å². The molecular formula is C16H11ClF4N2O4. The lowest BCUT2D eigenvalue weighted by Gasteiger charge is -2.09. The molecule has 1 aromatic heterocycles. The first kappa shape index (κ1) is 20.4. The predicted molar refractivity (Wildman–Crippen MR) is 86.1 cm³/mol. The number of aromatic nitrogens is 1. The van der Waals surface area contributed by atoms with Gasteiger partial charge in [-0.15, -0.1) is 0 Å². The lowest BCUT2D eigenvalue weighted by molar-refractivity contribution is -0.154. The number of carbonyl (C=O) groups is 2. The number of alkyl halides is 3. The summed E-state index contributed by atoms with van der Waals surface area (Å²) < 4.78 is 58.7. The highest BCUT2D eigenvalue weighted by molar-refractivity contribution is 6.30. The number of pyridine rings is 1. The third kappa shape index (κ3) is 6.74. The number of amides is 1. The molecule has 11 heteroatoms. The minimum atomic E-state index is -4.52. The van der Waals surface area contributed by atoms with Crippen molar-refractivity contribution in [1.82, 2.24) is 4.98 Å². The Balaban J connectivity index is 1.86. The van der Waals surface area contributed by atoms with E-state index in [-0.39, 0.29) is 22.2 Å². The van der Waals surface area contributed by atoms with Gasteiger partial charge in [-0.2, -0.15) is 13.2 Å². The number of anilines is 1. The molecule has 0 aliphatic carbocycles. The van der Waals surface area contributed by atoms with Gasteiger partial charge < -0.3 is 14.8 Å². The van der Waals surface area contributed by atoms with Crippen LogP contribution in [0.5, 0.6) is 5.88 Å². The van der Waals surface area contributed by atoms with Gasteiger partial charge in [0.25, 0.3) is 5.91 Å². The van der Waals surface area contributed by atoms with Crippen LogP contribution < -0.4 is 10.1 Å². The monoisotopic (exact) mass is 406 g/mol. The summed E-state index contributed by atoms with van der Waals surface area (Å²) in [6.45, 7) is -2.25. The van der Waals surface area contributed by atoms with Crippen molar-refractivity contribution in [3.8, 4) is 5.88 Å². The Bertz CT molecular complexity index is 828. The second-order valence-electron chi connectivity index (χ2n) is 5.04. The molecule has 1 amide bonds. The standard InChI is InChI=1S/C16H11ClF4N2O4/c17-10-2-3-11(18)12(5-10)23-13(24)7-26-15(25)9-1-4-14(22-6-9)27-8-16(19,20)21/h1-6H,7-8H2,(H,23,24). The van der Waals surface area contributed by atoms with Gasteiger partial charge in [0.05, 0.1) is 11.3 Å². The average Bonchev–Trinajstić information content (AvgIpc) is 2.61. The summed E-state index contributed by atoms with van der Waals surface area (Å²) in [5, 5.41) is 2.38. The Morgan fingerprint density at radius 2 is 1.93 bits per heavy atom. The molecule has 0 aliphatic rings. The molecule has 2 rings (SSSR count). The Morgan fingerprint density at radius 3 is 2.56 bits per heavy atom. The molecule has 0 saturated carbocycles. The fourth-order valence-corrected chi connectivity index (χ4v) is 1.91. The van der Waals surface area contributed by atoms with E-state index in [0.717, 1.165) is 24.4 Å². The van der Waals surface area contributed by atoms with Crippen LogP contribution in [0.4, 0.5) is 23.2 Å². The van der Waals surface area contributed by atoms with E-state index in [9.17, 15) is 27.2 Å². The molecule has 0 unspecified atom stereocenters. The maximum atomic E-state index is 13.5. The maximum Gasteiger partial charge on any atom is 0.422 e. The number of ether oxygens (including phenoxy) is 2. The van der Waals surface area contributed by atoms with Crippen molar-refractivity contribution in [2.45, 2.75) is 6.18 Å². The third-order valence-electron chi connectivity index (χ3n) is 2.89.